The van der Waals surface area contributed by atoms with E-state index in [-0.39, 0.29) is 17.6 Å². The normalized spacial score (nSPS) is 15.0. The third-order valence-electron chi connectivity index (χ3n) is 5.36. The molecule has 182 valence electrons. The lowest BCUT2D eigenvalue weighted by atomic mass is 9.72. The molecule has 0 amide bonds. The van der Waals surface area contributed by atoms with Crippen LogP contribution >= 0.6 is 0 Å². The molecule has 0 bridgehead atoms. The van der Waals surface area contributed by atoms with Crippen molar-refractivity contribution in [2.24, 2.45) is 0 Å². The maximum Gasteiger partial charge on any atom is 0.524 e. The summed E-state index contributed by atoms with van der Waals surface area (Å²) in [6, 6.07) is 9.41. The average Bonchev–Trinajstić information content (AvgIpc) is 2.72. The molecule has 0 saturated carbocycles. The van der Waals surface area contributed by atoms with Gasteiger partial charge in [-0.2, -0.15) is 0 Å². The van der Waals surface area contributed by atoms with Gasteiger partial charge < -0.3 is 18.9 Å². The molecule has 2 aromatic rings. The van der Waals surface area contributed by atoms with E-state index in [9.17, 15) is 19.2 Å². The molecule has 1 aliphatic rings. The van der Waals surface area contributed by atoms with Crippen molar-refractivity contribution >= 4 is 24.1 Å². The second kappa shape index (κ2) is 9.63. The van der Waals surface area contributed by atoms with Crippen molar-refractivity contribution < 1.29 is 38.1 Å². The Morgan fingerprint density at radius 3 is 2.29 bits per heavy atom. The van der Waals surface area contributed by atoms with Gasteiger partial charge in [0.1, 0.15) is 17.1 Å². The Morgan fingerprint density at radius 2 is 1.69 bits per heavy atom. The third kappa shape index (κ3) is 6.27. The van der Waals surface area contributed by atoms with Crippen LogP contribution in [0.25, 0.3) is 0 Å². The Morgan fingerprint density at radius 1 is 1.03 bits per heavy atom. The first-order valence-corrected chi connectivity index (χ1v) is 10.9. The van der Waals surface area contributed by atoms with Gasteiger partial charge in [0, 0.05) is 12.5 Å². The zero-order valence-electron chi connectivity index (χ0n) is 20.2. The summed E-state index contributed by atoms with van der Waals surface area (Å²) in [5.41, 5.74) is 1.45. The summed E-state index contributed by atoms with van der Waals surface area (Å²) in [7, 11) is 0. The van der Waals surface area contributed by atoms with Crippen LogP contribution in [-0.4, -0.2) is 29.7 Å². The number of ether oxygens (including phenoxy) is 4. The molecular formula is C27H26O8. The van der Waals surface area contributed by atoms with Gasteiger partial charge in [0.15, 0.2) is 0 Å². The minimum absolute atomic E-state index is 0.247. The number of hydrogen-bond donors (Lipinski definition) is 0. The van der Waals surface area contributed by atoms with Gasteiger partial charge in [0.25, 0.3) is 0 Å². The maximum atomic E-state index is 12.9. The van der Waals surface area contributed by atoms with Crippen LogP contribution < -0.4 is 9.47 Å². The summed E-state index contributed by atoms with van der Waals surface area (Å²) >= 11 is 0. The molecule has 0 spiro atoms. The number of rotatable bonds is 4. The first-order chi connectivity index (χ1) is 16.3. The van der Waals surface area contributed by atoms with Gasteiger partial charge in [-0.3, -0.25) is 9.59 Å². The van der Waals surface area contributed by atoms with Gasteiger partial charge in [-0.25, -0.2) is 9.59 Å². The minimum atomic E-state index is -1.39. The SMILES string of the molecule is C#Cc1cc(C(=O)Oc2ccc(CC(=O)OC(=O)OC(C)=O)cc2)cc2c1OC(C)(C)CC2(C)C. The Bertz CT molecular complexity index is 1230. The highest BCUT2D eigenvalue weighted by atomic mass is 16.8. The van der Waals surface area contributed by atoms with Gasteiger partial charge in [-0.15, -0.1) is 6.42 Å². The van der Waals surface area contributed by atoms with Crippen LogP contribution in [-0.2, 0) is 30.9 Å². The van der Waals surface area contributed by atoms with Gasteiger partial charge in [-0.05, 0) is 55.5 Å². The van der Waals surface area contributed by atoms with E-state index in [0.717, 1.165) is 18.9 Å². The van der Waals surface area contributed by atoms with Crippen LogP contribution in [0.4, 0.5) is 4.79 Å². The molecule has 1 heterocycles. The molecule has 1 aliphatic heterocycles. The molecule has 8 heteroatoms. The number of hydrogen-bond acceptors (Lipinski definition) is 8. The molecule has 0 aliphatic carbocycles. The number of carbonyl (C=O) groups excluding carboxylic acids is 4. The topological polar surface area (TPSA) is 105 Å². The van der Waals surface area contributed by atoms with Crippen molar-refractivity contribution in [3.63, 3.8) is 0 Å². The van der Waals surface area contributed by atoms with Crippen LogP contribution in [0, 0.1) is 12.3 Å². The summed E-state index contributed by atoms with van der Waals surface area (Å²) in [5.74, 6) is 1.09. The van der Waals surface area contributed by atoms with Crippen molar-refractivity contribution in [2.75, 3.05) is 0 Å². The summed E-state index contributed by atoms with van der Waals surface area (Å²) in [5, 5.41) is 0. The number of benzene rings is 2. The highest BCUT2D eigenvalue weighted by molar-refractivity contribution is 5.92. The first-order valence-electron chi connectivity index (χ1n) is 10.9. The quantitative estimate of drug-likeness (QED) is 0.274. The van der Waals surface area contributed by atoms with Crippen molar-refractivity contribution in [3.05, 3.63) is 58.7 Å². The monoisotopic (exact) mass is 478 g/mol. The summed E-state index contributed by atoms with van der Waals surface area (Å²) < 4.78 is 20.2. The van der Waals surface area contributed by atoms with Crippen LogP contribution in [0.3, 0.4) is 0 Å². The lowest BCUT2D eigenvalue weighted by Gasteiger charge is -2.43. The van der Waals surface area contributed by atoms with Gasteiger partial charge in [0.2, 0.25) is 0 Å². The lowest BCUT2D eigenvalue weighted by molar-refractivity contribution is -0.144. The van der Waals surface area contributed by atoms with E-state index in [0.29, 0.717) is 22.4 Å². The zero-order chi connectivity index (χ0) is 26.0. The van der Waals surface area contributed by atoms with Crippen molar-refractivity contribution in [2.45, 2.75) is 58.5 Å². The van der Waals surface area contributed by atoms with Crippen LogP contribution in [0.5, 0.6) is 11.5 Å². The molecular weight excluding hydrogens is 452 g/mol. The van der Waals surface area contributed by atoms with Gasteiger partial charge >= 0.3 is 24.1 Å². The highest BCUT2D eigenvalue weighted by Gasteiger charge is 2.40. The van der Waals surface area contributed by atoms with Crippen molar-refractivity contribution in [1.82, 2.24) is 0 Å². The molecule has 35 heavy (non-hydrogen) atoms. The highest BCUT2D eigenvalue weighted by Crippen LogP contribution is 2.46. The van der Waals surface area contributed by atoms with Crippen LogP contribution in [0.15, 0.2) is 36.4 Å². The Kier molecular flexibility index (Phi) is 7.01. The summed E-state index contributed by atoms with van der Waals surface area (Å²) in [6.45, 7) is 9.17. The summed E-state index contributed by atoms with van der Waals surface area (Å²) in [6.07, 6.45) is 4.82. The Labute approximate surface area is 203 Å². The fraction of sp³-hybridized carbons (Fsp3) is 0.333. The van der Waals surface area contributed by atoms with E-state index in [1.165, 1.54) is 12.1 Å². The van der Waals surface area contributed by atoms with Crippen molar-refractivity contribution in [1.29, 1.82) is 0 Å². The predicted octanol–water partition coefficient (Wildman–Crippen LogP) is 4.49. The molecule has 0 aromatic heterocycles. The third-order valence-corrected chi connectivity index (χ3v) is 5.36. The lowest BCUT2D eigenvalue weighted by Crippen LogP contribution is -2.41. The van der Waals surface area contributed by atoms with E-state index >= 15 is 0 Å². The molecule has 2 aromatic carbocycles. The second-order valence-electron chi connectivity index (χ2n) is 9.50. The largest absolute Gasteiger partial charge is 0.524 e. The number of esters is 3. The second-order valence-corrected chi connectivity index (χ2v) is 9.50. The molecule has 0 N–H and O–H groups in total. The van der Waals surface area contributed by atoms with Crippen LogP contribution in [0.2, 0.25) is 0 Å². The van der Waals surface area contributed by atoms with Gasteiger partial charge in [-0.1, -0.05) is 31.9 Å². The molecule has 8 nitrogen and oxygen atoms in total. The number of carbonyl (C=O) groups is 4. The van der Waals surface area contributed by atoms with E-state index in [1.54, 1.807) is 24.3 Å². The van der Waals surface area contributed by atoms with E-state index < -0.39 is 29.7 Å². The average molecular weight is 478 g/mol. The Hall–Kier alpha value is -4.12. The van der Waals surface area contributed by atoms with E-state index in [1.807, 2.05) is 13.8 Å². The maximum absolute atomic E-state index is 12.9. The smallest absolute Gasteiger partial charge is 0.486 e. The molecule has 3 rings (SSSR count). The molecule has 0 atom stereocenters. The predicted molar refractivity (Wildman–Crippen MR) is 125 cm³/mol. The van der Waals surface area contributed by atoms with E-state index in [2.05, 4.69) is 29.2 Å². The zero-order valence-corrected chi connectivity index (χ0v) is 20.2. The number of terminal acetylenes is 1. The van der Waals surface area contributed by atoms with E-state index in [4.69, 9.17) is 15.9 Å². The van der Waals surface area contributed by atoms with Crippen molar-refractivity contribution in [3.8, 4) is 23.8 Å². The van der Waals surface area contributed by atoms with Crippen LogP contribution in [0.1, 0.15) is 68.1 Å². The molecule has 0 saturated heterocycles. The Balaban J connectivity index is 1.73. The summed E-state index contributed by atoms with van der Waals surface area (Å²) in [4.78, 5) is 46.6. The standard InChI is InChI=1S/C27H26O8/c1-7-18-13-19(14-21-23(18)35-27(5,6)15-26(21,3)4)24(30)33-20-10-8-17(9-11-20)12-22(29)34-25(31)32-16(2)28/h1,8-11,13-14H,12,15H2,2-6H3. The number of fused-ring (bicyclic) bond motifs is 1. The van der Waals surface area contributed by atoms with Gasteiger partial charge in [0.05, 0.1) is 17.5 Å². The fourth-order valence-corrected chi connectivity index (χ4v) is 4.21. The first kappa shape index (κ1) is 25.5. The minimum Gasteiger partial charge on any atom is -0.486 e. The molecule has 0 unspecified atom stereocenters. The molecule has 0 radical (unpaired) electrons. The molecule has 0 fully saturated rings. The fourth-order valence-electron chi connectivity index (χ4n) is 4.21.